The number of pyridine rings is 1. The van der Waals surface area contributed by atoms with E-state index < -0.39 is 0 Å². The standard InChI is InChI=1S/C11H18N4/c1-9-3-2-6-15(9)8-10-4-5-11(14-12)13-7-10/h4-5,7,9H,2-3,6,8,12H2,1H3,(H,13,14). The molecule has 1 aliphatic rings. The third-order valence-electron chi connectivity index (χ3n) is 3.05. The first-order valence-corrected chi connectivity index (χ1v) is 5.45. The van der Waals surface area contributed by atoms with Crippen LogP contribution >= 0.6 is 0 Å². The van der Waals surface area contributed by atoms with E-state index in [-0.39, 0.29) is 0 Å². The van der Waals surface area contributed by atoms with Gasteiger partial charge in [0.2, 0.25) is 0 Å². The van der Waals surface area contributed by atoms with E-state index in [1.165, 1.54) is 24.9 Å². The number of nitrogens with two attached hydrogens (primary N) is 1. The highest BCUT2D eigenvalue weighted by atomic mass is 15.2. The monoisotopic (exact) mass is 206 g/mol. The first-order chi connectivity index (χ1) is 7.29. The van der Waals surface area contributed by atoms with Gasteiger partial charge in [0.1, 0.15) is 5.82 Å². The smallest absolute Gasteiger partial charge is 0.139 e. The van der Waals surface area contributed by atoms with Crippen molar-refractivity contribution < 1.29 is 0 Å². The molecule has 4 nitrogen and oxygen atoms in total. The van der Waals surface area contributed by atoms with E-state index in [1.54, 1.807) is 0 Å². The summed E-state index contributed by atoms with van der Waals surface area (Å²) in [5.74, 6) is 5.98. The van der Waals surface area contributed by atoms with Crippen LogP contribution in [0.3, 0.4) is 0 Å². The number of anilines is 1. The minimum atomic E-state index is 0.706. The highest BCUT2D eigenvalue weighted by Crippen LogP contribution is 2.19. The van der Waals surface area contributed by atoms with Crippen LogP contribution < -0.4 is 11.3 Å². The van der Waals surface area contributed by atoms with Gasteiger partial charge in [0.15, 0.2) is 0 Å². The van der Waals surface area contributed by atoms with E-state index in [9.17, 15) is 0 Å². The summed E-state index contributed by atoms with van der Waals surface area (Å²) < 4.78 is 0. The molecule has 15 heavy (non-hydrogen) atoms. The molecule has 2 heterocycles. The molecule has 0 spiro atoms. The fourth-order valence-corrected chi connectivity index (χ4v) is 2.07. The van der Waals surface area contributed by atoms with Crippen molar-refractivity contribution in [1.82, 2.24) is 9.88 Å². The Hall–Kier alpha value is -1.13. The fourth-order valence-electron chi connectivity index (χ4n) is 2.07. The lowest BCUT2D eigenvalue weighted by molar-refractivity contribution is 0.260. The molecular weight excluding hydrogens is 188 g/mol. The zero-order valence-corrected chi connectivity index (χ0v) is 9.11. The van der Waals surface area contributed by atoms with E-state index in [1.807, 2.05) is 12.3 Å². The maximum absolute atomic E-state index is 5.26. The number of aromatic nitrogens is 1. The van der Waals surface area contributed by atoms with Crippen molar-refractivity contribution in [3.63, 3.8) is 0 Å². The Morgan fingerprint density at radius 3 is 3.00 bits per heavy atom. The predicted octanol–water partition coefficient (Wildman–Crippen LogP) is 1.35. The molecule has 3 N–H and O–H groups in total. The molecule has 82 valence electrons. The van der Waals surface area contributed by atoms with Crippen LogP contribution in [-0.2, 0) is 6.54 Å². The summed E-state index contributed by atoms with van der Waals surface area (Å²) in [5, 5.41) is 0. The normalized spacial score (nSPS) is 21.9. The third kappa shape index (κ3) is 2.46. The molecule has 4 heteroatoms. The second kappa shape index (κ2) is 4.59. The molecule has 1 unspecified atom stereocenters. The maximum atomic E-state index is 5.26. The van der Waals surface area contributed by atoms with Crippen LogP contribution in [0.5, 0.6) is 0 Å². The molecule has 0 radical (unpaired) electrons. The predicted molar refractivity (Wildman–Crippen MR) is 61.2 cm³/mol. The average Bonchev–Trinajstić information content (AvgIpc) is 2.66. The molecule has 1 atom stereocenters. The van der Waals surface area contributed by atoms with Crippen molar-refractivity contribution in [3.8, 4) is 0 Å². The van der Waals surface area contributed by atoms with E-state index in [0.29, 0.717) is 11.9 Å². The Labute approximate surface area is 90.5 Å². The zero-order valence-electron chi connectivity index (χ0n) is 9.11. The summed E-state index contributed by atoms with van der Waals surface area (Å²) >= 11 is 0. The van der Waals surface area contributed by atoms with Gasteiger partial charge in [0.05, 0.1) is 0 Å². The Bertz CT molecular complexity index is 309. The number of hydrogen-bond acceptors (Lipinski definition) is 4. The van der Waals surface area contributed by atoms with Crippen molar-refractivity contribution in [3.05, 3.63) is 23.9 Å². The molecule has 0 bridgehead atoms. The van der Waals surface area contributed by atoms with Gasteiger partial charge in [0.25, 0.3) is 0 Å². The molecule has 1 aromatic heterocycles. The van der Waals surface area contributed by atoms with E-state index in [2.05, 4.69) is 28.3 Å². The molecule has 1 fully saturated rings. The van der Waals surface area contributed by atoms with Crippen molar-refractivity contribution in [2.45, 2.75) is 32.4 Å². The fraction of sp³-hybridized carbons (Fsp3) is 0.545. The summed E-state index contributed by atoms with van der Waals surface area (Å²) in [6.45, 7) is 4.49. The quantitative estimate of drug-likeness (QED) is 0.579. The number of nitrogens with one attached hydrogen (secondary N) is 1. The molecule has 0 amide bonds. The average molecular weight is 206 g/mol. The zero-order chi connectivity index (χ0) is 10.7. The topological polar surface area (TPSA) is 54.2 Å². The van der Waals surface area contributed by atoms with Gasteiger partial charge in [-0.1, -0.05) is 6.07 Å². The Morgan fingerprint density at radius 1 is 1.60 bits per heavy atom. The van der Waals surface area contributed by atoms with Crippen LogP contribution in [0.2, 0.25) is 0 Å². The molecule has 1 aliphatic heterocycles. The molecule has 1 saturated heterocycles. The minimum Gasteiger partial charge on any atom is -0.308 e. The summed E-state index contributed by atoms with van der Waals surface area (Å²) in [6, 6.07) is 4.70. The number of hydrogen-bond donors (Lipinski definition) is 2. The van der Waals surface area contributed by atoms with Gasteiger partial charge in [-0.2, -0.15) is 0 Å². The van der Waals surface area contributed by atoms with E-state index >= 15 is 0 Å². The highest BCUT2D eigenvalue weighted by Gasteiger charge is 2.19. The summed E-state index contributed by atoms with van der Waals surface area (Å²) in [5.41, 5.74) is 3.78. The molecule has 1 aromatic rings. The lowest BCUT2D eigenvalue weighted by Gasteiger charge is -2.20. The van der Waals surface area contributed by atoms with Gasteiger partial charge in [-0.15, -0.1) is 0 Å². The van der Waals surface area contributed by atoms with Gasteiger partial charge < -0.3 is 5.43 Å². The highest BCUT2D eigenvalue weighted by molar-refractivity contribution is 5.33. The summed E-state index contributed by atoms with van der Waals surface area (Å²) in [7, 11) is 0. The minimum absolute atomic E-state index is 0.706. The largest absolute Gasteiger partial charge is 0.308 e. The lowest BCUT2D eigenvalue weighted by Crippen LogP contribution is -2.26. The molecule has 0 aromatic carbocycles. The Kier molecular flexibility index (Phi) is 3.18. The van der Waals surface area contributed by atoms with Crippen molar-refractivity contribution >= 4 is 5.82 Å². The van der Waals surface area contributed by atoms with Crippen LogP contribution in [0.4, 0.5) is 5.82 Å². The van der Waals surface area contributed by atoms with Gasteiger partial charge in [-0.05, 0) is 37.9 Å². The number of likely N-dealkylation sites (tertiary alicyclic amines) is 1. The Morgan fingerprint density at radius 2 is 2.47 bits per heavy atom. The van der Waals surface area contributed by atoms with Crippen molar-refractivity contribution in [1.29, 1.82) is 0 Å². The van der Waals surface area contributed by atoms with Crippen LogP contribution in [0.25, 0.3) is 0 Å². The summed E-state index contributed by atoms with van der Waals surface area (Å²) in [6.07, 6.45) is 4.52. The van der Waals surface area contributed by atoms with Gasteiger partial charge in [0, 0.05) is 18.8 Å². The third-order valence-corrected chi connectivity index (χ3v) is 3.05. The van der Waals surface area contributed by atoms with Crippen LogP contribution in [0, 0.1) is 0 Å². The first-order valence-electron chi connectivity index (χ1n) is 5.45. The van der Waals surface area contributed by atoms with Crippen LogP contribution in [0.15, 0.2) is 18.3 Å². The number of nitrogen functional groups attached to an aromatic ring is 1. The van der Waals surface area contributed by atoms with Crippen LogP contribution in [0.1, 0.15) is 25.3 Å². The van der Waals surface area contributed by atoms with E-state index in [0.717, 1.165) is 6.54 Å². The molecule has 0 aliphatic carbocycles. The number of rotatable bonds is 3. The second-order valence-corrected chi connectivity index (χ2v) is 4.16. The van der Waals surface area contributed by atoms with Gasteiger partial charge in [-0.25, -0.2) is 10.8 Å². The lowest BCUT2D eigenvalue weighted by atomic mass is 10.2. The number of nitrogens with zero attached hydrogens (tertiary/aromatic N) is 2. The van der Waals surface area contributed by atoms with Crippen molar-refractivity contribution in [2.75, 3.05) is 12.0 Å². The van der Waals surface area contributed by atoms with Crippen LogP contribution in [-0.4, -0.2) is 22.5 Å². The molecular formula is C11H18N4. The van der Waals surface area contributed by atoms with E-state index in [4.69, 9.17) is 5.84 Å². The Balaban J connectivity index is 1.98. The van der Waals surface area contributed by atoms with Gasteiger partial charge >= 0.3 is 0 Å². The molecule has 2 rings (SSSR count). The second-order valence-electron chi connectivity index (χ2n) is 4.16. The van der Waals surface area contributed by atoms with Crippen molar-refractivity contribution in [2.24, 2.45) is 5.84 Å². The molecule has 0 saturated carbocycles. The maximum Gasteiger partial charge on any atom is 0.139 e. The first kappa shape index (κ1) is 10.4. The van der Waals surface area contributed by atoms with Gasteiger partial charge in [-0.3, -0.25) is 4.90 Å². The summed E-state index contributed by atoms with van der Waals surface area (Å²) in [4.78, 5) is 6.69. The number of hydrazine groups is 1. The SMILES string of the molecule is CC1CCCN1Cc1ccc(NN)nc1.